The van der Waals surface area contributed by atoms with Gasteiger partial charge in [0.05, 0.1) is 4.90 Å². The molecule has 0 spiro atoms. The Morgan fingerprint density at radius 1 is 1.23 bits per heavy atom. The molecule has 0 aromatic heterocycles. The van der Waals surface area contributed by atoms with Crippen molar-refractivity contribution in [1.29, 1.82) is 0 Å². The zero-order valence-corrected chi connectivity index (χ0v) is 15.9. The third-order valence-corrected chi connectivity index (χ3v) is 8.27. The van der Waals surface area contributed by atoms with E-state index in [9.17, 15) is 17.6 Å². The van der Waals surface area contributed by atoms with Gasteiger partial charge in [0.1, 0.15) is 5.82 Å². The predicted octanol–water partition coefficient (Wildman–Crippen LogP) is 2.44. The van der Waals surface area contributed by atoms with E-state index < -0.39 is 32.6 Å². The van der Waals surface area contributed by atoms with Gasteiger partial charge in [0, 0.05) is 13.0 Å². The summed E-state index contributed by atoms with van der Waals surface area (Å²) in [6.45, 7) is 0.552. The average molecular weight is 403 g/mol. The molecule has 2 aliphatic rings. The normalized spacial score (nSPS) is 23.3. The number of nitrogens with one attached hydrogen (secondary N) is 1. The molecule has 2 aliphatic heterocycles. The summed E-state index contributed by atoms with van der Waals surface area (Å²) in [7, 11) is -4.01. The summed E-state index contributed by atoms with van der Waals surface area (Å²) in [5.41, 5.74) is 2.32. The first kappa shape index (κ1) is 19.6. The summed E-state index contributed by atoms with van der Waals surface area (Å²) in [6, 6.07) is 4.57. The smallest absolute Gasteiger partial charge is 0.265 e. The number of hydrogen-bond donors (Lipinski definition) is 1. The Morgan fingerprint density at radius 2 is 1.92 bits per heavy atom. The number of sulfone groups is 1. The Hall–Kier alpha value is -1.16. The molecule has 0 aliphatic carbocycles. The fourth-order valence-corrected chi connectivity index (χ4v) is 6.60. The van der Waals surface area contributed by atoms with Gasteiger partial charge in [0.25, 0.3) is 5.91 Å². The first-order chi connectivity index (χ1) is 12.5. The molecule has 3 rings (SSSR count). The minimum atomic E-state index is -4.01. The summed E-state index contributed by atoms with van der Waals surface area (Å²) < 4.78 is 43.4. The molecule has 1 amide bonds. The number of amides is 1. The zero-order valence-electron chi connectivity index (χ0n) is 14.3. The maximum absolute atomic E-state index is 13.2. The second kappa shape index (κ2) is 8.24. The Bertz CT molecular complexity index is 726. The first-order valence-electron chi connectivity index (χ1n) is 8.61. The van der Waals surface area contributed by atoms with E-state index in [1.165, 1.54) is 12.1 Å². The number of rotatable bonds is 5. The lowest BCUT2D eigenvalue weighted by Crippen LogP contribution is -2.55. The number of benzene rings is 1. The zero-order chi connectivity index (χ0) is 18.6. The van der Waals surface area contributed by atoms with E-state index >= 15 is 0 Å². The van der Waals surface area contributed by atoms with E-state index in [4.69, 9.17) is 9.57 Å². The van der Waals surface area contributed by atoms with Gasteiger partial charge in [-0.25, -0.2) is 23.1 Å². The molecular weight excluding hydrogens is 381 g/mol. The second-order valence-corrected chi connectivity index (χ2v) is 9.89. The maximum Gasteiger partial charge on any atom is 0.265 e. The lowest BCUT2D eigenvalue weighted by Gasteiger charge is -2.35. The van der Waals surface area contributed by atoms with E-state index in [0.717, 1.165) is 25.0 Å². The molecule has 1 unspecified atom stereocenters. The Labute approximate surface area is 156 Å². The van der Waals surface area contributed by atoms with Crippen molar-refractivity contribution >= 4 is 27.5 Å². The summed E-state index contributed by atoms with van der Waals surface area (Å²) in [5.74, 6) is -0.114. The number of carbonyl (C=O) groups excluding carboxylic acids is 1. The van der Waals surface area contributed by atoms with E-state index in [2.05, 4.69) is 5.48 Å². The quantitative estimate of drug-likeness (QED) is 0.601. The van der Waals surface area contributed by atoms with Crippen molar-refractivity contribution in [3.8, 4) is 0 Å². The van der Waals surface area contributed by atoms with Crippen molar-refractivity contribution < 1.29 is 27.2 Å². The predicted molar refractivity (Wildman–Crippen MR) is 95.7 cm³/mol. The molecule has 0 radical (unpaired) electrons. The van der Waals surface area contributed by atoms with Gasteiger partial charge in [-0.1, -0.05) is 0 Å². The van der Waals surface area contributed by atoms with Crippen LogP contribution in [0.1, 0.15) is 32.1 Å². The van der Waals surface area contributed by atoms with Crippen molar-refractivity contribution in [2.45, 2.75) is 48.0 Å². The largest absolute Gasteiger partial charge is 0.350 e. The topological polar surface area (TPSA) is 81.7 Å². The maximum atomic E-state index is 13.2. The SMILES string of the molecule is O=C(NOC1CCCCO1)C1(S(=O)(=O)c2ccc(F)cc2)CCSCC1. The van der Waals surface area contributed by atoms with Crippen molar-refractivity contribution in [2.24, 2.45) is 0 Å². The number of carbonyl (C=O) groups is 1. The van der Waals surface area contributed by atoms with Crippen LogP contribution in [0.15, 0.2) is 29.2 Å². The molecule has 0 bridgehead atoms. The van der Waals surface area contributed by atoms with Gasteiger partial charge in [-0.15, -0.1) is 0 Å². The van der Waals surface area contributed by atoms with Crippen LogP contribution in [0.3, 0.4) is 0 Å². The fraction of sp³-hybridized carbons (Fsp3) is 0.588. The van der Waals surface area contributed by atoms with Gasteiger partial charge in [-0.3, -0.25) is 4.79 Å². The molecule has 0 saturated carbocycles. The van der Waals surface area contributed by atoms with Crippen molar-refractivity contribution in [3.05, 3.63) is 30.1 Å². The van der Waals surface area contributed by atoms with Crippen LogP contribution < -0.4 is 5.48 Å². The minimum Gasteiger partial charge on any atom is -0.350 e. The van der Waals surface area contributed by atoms with Gasteiger partial charge in [-0.05, 0) is 61.5 Å². The van der Waals surface area contributed by atoms with Gasteiger partial charge < -0.3 is 4.74 Å². The van der Waals surface area contributed by atoms with Crippen LogP contribution >= 0.6 is 11.8 Å². The Balaban J connectivity index is 1.83. The molecular formula is C17H22FNO5S2. The monoisotopic (exact) mass is 403 g/mol. The average Bonchev–Trinajstić information content (AvgIpc) is 2.67. The van der Waals surface area contributed by atoms with E-state index in [1.807, 2.05) is 0 Å². The lowest BCUT2D eigenvalue weighted by molar-refractivity contribution is -0.201. The molecule has 6 nitrogen and oxygen atoms in total. The van der Waals surface area contributed by atoms with E-state index in [1.54, 1.807) is 11.8 Å². The summed E-state index contributed by atoms with van der Waals surface area (Å²) in [6.07, 6.45) is 2.31. The first-order valence-corrected chi connectivity index (χ1v) is 11.3. The van der Waals surface area contributed by atoms with Gasteiger partial charge >= 0.3 is 0 Å². The highest BCUT2D eigenvalue weighted by molar-refractivity contribution is 7.99. The van der Waals surface area contributed by atoms with Crippen molar-refractivity contribution in [1.82, 2.24) is 5.48 Å². The van der Waals surface area contributed by atoms with Crippen LogP contribution in [0.4, 0.5) is 4.39 Å². The molecule has 1 atom stereocenters. The molecule has 2 saturated heterocycles. The highest BCUT2D eigenvalue weighted by Gasteiger charge is 2.52. The molecule has 26 heavy (non-hydrogen) atoms. The third-order valence-electron chi connectivity index (χ3n) is 4.77. The standard InChI is InChI=1S/C17H22FNO5S2/c18-13-4-6-14(7-5-13)26(21,22)17(8-11-25-12-9-17)16(20)19-24-15-3-1-2-10-23-15/h4-7,15H,1-3,8-12H2,(H,19,20). The van der Waals surface area contributed by atoms with Gasteiger partial charge in [0.15, 0.2) is 20.9 Å². The van der Waals surface area contributed by atoms with Crippen LogP contribution in [-0.2, 0) is 24.2 Å². The number of hydrogen-bond acceptors (Lipinski definition) is 6. The fourth-order valence-electron chi connectivity index (χ4n) is 3.17. The molecule has 9 heteroatoms. The molecule has 2 heterocycles. The summed E-state index contributed by atoms with van der Waals surface area (Å²) in [5, 5.41) is 0. The highest BCUT2D eigenvalue weighted by atomic mass is 32.2. The Kier molecular flexibility index (Phi) is 6.21. The van der Waals surface area contributed by atoms with Gasteiger partial charge in [0.2, 0.25) is 0 Å². The van der Waals surface area contributed by atoms with E-state index in [0.29, 0.717) is 24.5 Å². The second-order valence-electron chi connectivity index (χ2n) is 6.41. The summed E-state index contributed by atoms with van der Waals surface area (Å²) >= 11 is 1.60. The molecule has 1 aromatic rings. The minimum absolute atomic E-state index is 0.0603. The highest BCUT2D eigenvalue weighted by Crippen LogP contribution is 2.38. The molecule has 144 valence electrons. The third kappa shape index (κ3) is 3.90. The number of halogens is 1. The Morgan fingerprint density at radius 3 is 2.54 bits per heavy atom. The van der Waals surface area contributed by atoms with E-state index in [-0.39, 0.29) is 17.7 Å². The molecule has 1 N–H and O–H groups in total. The van der Waals surface area contributed by atoms with Crippen LogP contribution in [0.25, 0.3) is 0 Å². The van der Waals surface area contributed by atoms with Gasteiger partial charge in [-0.2, -0.15) is 11.8 Å². The van der Waals surface area contributed by atoms with Crippen molar-refractivity contribution in [2.75, 3.05) is 18.1 Å². The molecule has 1 aromatic carbocycles. The van der Waals surface area contributed by atoms with Crippen LogP contribution in [0.5, 0.6) is 0 Å². The van der Waals surface area contributed by atoms with Crippen LogP contribution in [0, 0.1) is 5.82 Å². The molecule has 2 fully saturated rings. The van der Waals surface area contributed by atoms with Crippen molar-refractivity contribution in [3.63, 3.8) is 0 Å². The number of thioether (sulfide) groups is 1. The lowest BCUT2D eigenvalue weighted by atomic mass is 10.0. The number of hydroxylamine groups is 1. The summed E-state index contributed by atoms with van der Waals surface area (Å²) in [4.78, 5) is 18.2. The number of ether oxygens (including phenoxy) is 1. The van der Waals surface area contributed by atoms with Crippen LogP contribution in [0.2, 0.25) is 0 Å². The van der Waals surface area contributed by atoms with Crippen LogP contribution in [-0.4, -0.2) is 43.5 Å².